The maximum Gasteiger partial charge on any atom is 0.167 e. The number of hydrogen-bond acceptors (Lipinski definition) is 4. The van der Waals surface area contributed by atoms with Crippen molar-refractivity contribution in [2.75, 3.05) is 44.3 Å². The lowest BCUT2D eigenvalue weighted by atomic mass is 10.1. The molecule has 1 atom stereocenters. The van der Waals surface area contributed by atoms with Crippen LogP contribution in [0.5, 0.6) is 5.75 Å². The highest BCUT2D eigenvalue weighted by atomic mass is 19.1. The average Bonchev–Trinajstić information content (AvgIpc) is 2.86. The zero-order chi connectivity index (χ0) is 13.8. The molecule has 19 heavy (non-hydrogen) atoms. The first-order valence-electron chi connectivity index (χ1n) is 6.73. The quantitative estimate of drug-likeness (QED) is 0.803. The highest BCUT2D eigenvalue weighted by Crippen LogP contribution is 2.28. The summed E-state index contributed by atoms with van der Waals surface area (Å²) in [5.74, 6) is 0.414. The van der Waals surface area contributed by atoms with Crippen molar-refractivity contribution in [1.82, 2.24) is 4.90 Å². The van der Waals surface area contributed by atoms with Crippen LogP contribution in [0.2, 0.25) is 0 Å². The Hall–Kier alpha value is -1.49. The predicted molar refractivity (Wildman–Crippen MR) is 76.1 cm³/mol. The Labute approximate surface area is 113 Å². The van der Waals surface area contributed by atoms with Gasteiger partial charge in [0, 0.05) is 25.2 Å². The van der Waals surface area contributed by atoms with Gasteiger partial charge < -0.3 is 20.7 Å². The van der Waals surface area contributed by atoms with Crippen LogP contribution in [-0.2, 0) is 0 Å². The molecule has 1 aliphatic heterocycles. The van der Waals surface area contributed by atoms with E-state index >= 15 is 0 Å². The van der Waals surface area contributed by atoms with Crippen molar-refractivity contribution in [3.8, 4) is 5.75 Å². The normalized spacial score (nSPS) is 19.6. The number of ether oxygens (including phenoxy) is 1. The van der Waals surface area contributed by atoms with Gasteiger partial charge in [-0.05, 0) is 25.4 Å². The van der Waals surface area contributed by atoms with E-state index in [1.807, 2.05) is 0 Å². The van der Waals surface area contributed by atoms with Crippen molar-refractivity contribution < 1.29 is 9.13 Å². The first-order valence-corrected chi connectivity index (χ1v) is 6.73. The van der Waals surface area contributed by atoms with E-state index in [-0.39, 0.29) is 5.75 Å². The highest BCUT2D eigenvalue weighted by molar-refractivity contribution is 5.68. The third-order valence-corrected chi connectivity index (χ3v) is 3.72. The van der Waals surface area contributed by atoms with E-state index in [1.54, 1.807) is 6.07 Å². The van der Waals surface area contributed by atoms with Crippen molar-refractivity contribution in [2.45, 2.75) is 13.3 Å². The van der Waals surface area contributed by atoms with Gasteiger partial charge in [0.05, 0.1) is 18.5 Å². The molecule has 0 amide bonds. The fourth-order valence-corrected chi connectivity index (χ4v) is 2.50. The molecule has 4 nitrogen and oxygen atoms in total. The number of benzene rings is 1. The number of likely N-dealkylation sites (tertiary alicyclic amines) is 1. The lowest BCUT2D eigenvalue weighted by Crippen LogP contribution is -2.22. The molecule has 1 aromatic carbocycles. The van der Waals surface area contributed by atoms with Gasteiger partial charge in [-0.2, -0.15) is 0 Å². The van der Waals surface area contributed by atoms with Crippen molar-refractivity contribution in [3.05, 3.63) is 17.9 Å². The molecule has 1 unspecified atom stereocenters. The van der Waals surface area contributed by atoms with Crippen LogP contribution >= 0.6 is 0 Å². The molecule has 1 fully saturated rings. The van der Waals surface area contributed by atoms with Crippen LogP contribution in [0.3, 0.4) is 0 Å². The van der Waals surface area contributed by atoms with E-state index in [0.29, 0.717) is 11.6 Å². The largest absolute Gasteiger partial charge is 0.494 e. The van der Waals surface area contributed by atoms with Gasteiger partial charge in [-0.25, -0.2) is 4.39 Å². The Morgan fingerprint density at radius 1 is 1.53 bits per heavy atom. The summed E-state index contributed by atoms with van der Waals surface area (Å²) in [4.78, 5) is 2.43. The van der Waals surface area contributed by atoms with E-state index < -0.39 is 5.82 Å². The molecule has 1 aliphatic rings. The molecule has 1 saturated heterocycles. The molecule has 0 aliphatic carbocycles. The topological polar surface area (TPSA) is 50.5 Å². The van der Waals surface area contributed by atoms with Gasteiger partial charge >= 0.3 is 0 Å². The maximum absolute atomic E-state index is 13.4. The fraction of sp³-hybridized carbons (Fsp3) is 0.571. The van der Waals surface area contributed by atoms with Crippen LogP contribution < -0.4 is 15.8 Å². The van der Waals surface area contributed by atoms with Gasteiger partial charge in [0.1, 0.15) is 0 Å². The van der Waals surface area contributed by atoms with Crippen molar-refractivity contribution in [3.63, 3.8) is 0 Å². The van der Waals surface area contributed by atoms with E-state index in [0.717, 1.165) is 31.9 Å². The van der Waals surface area contributed by atoms with E-state index in [9.17, 15) is 4.39 Å². The molecule has 0 bridgehead atoms. The van der Waals surface area contributed by atoms with Crippen LogP contribution in [0.4, 0.5) is 15.8 Å². The summed E-state index contributed by atoms with van der Waals surface area (Å²) in [6.07, 6.45) is 1.19. The number of nitrogens with two attached hydrogens (primary N) is 1. The van der Waals surface area contributed by atoms with Crippen LogP contribution in [0, 0.1) is 11.7 Å². The second-order valence-electron chi connectivity index (χ2n) is 5.00. The average molecular weight is 267 g/mol. The maximum atomic E-state index is 13.4. The SMILES string of the molecule is CCN1CCC(CNc2cc(OC)c(F)cc2N)C1. The molecule has 106 valence electrons. The van der Waals surface area contributed by atoms with E-state index in [1.165, 1.54) is 19.6 Å². The summed E-state index contributed by atoms with van der Waals surface area (Å²) < 4.78 is 18.4. The van der Waals surface area contributed by atoms with Gasteiger partial charge in [0.25, 0.3) is 0 Å². The summed E-state index contributed by atoms with van der Waals surface area (Å²) >= 11 is 0. The van der Waals surface area contributed by atoms with E-state index in [4.69, 9.17) is 10.5 Å². The number of halogens is 1. The van der Waals surface area contributed by atoms with Crippen LogP contribution in [0.25, 0.3) is 0 Å². The number of nitrogens with zero attached hydrogens (tertiary/aromatic N) is 1. The summed E-state index contributed by atoms with van der Waals surface area (Å²) in [5.41, 5.74) is 6.98. The second-order valence-corrected chi connectivity index (χ2v) is 5.00. The zero-order valence-electron chi connectivity index (χ0n) is 11.6. The number of nitrogen functional groups attached to an aromatic ring is 1. The van der Waals surface area contributed by atoms with E-state index in [2.05, 4.69) is 17.1 Å². The smallest absolute Gasteiger partial charge is 0.167 e. The molecular weight excluding hydrogens is 245 g/mol. The first-order chi connectivity index (χ1) is 9.13. The number of rotatable bonds is 5. The molecule has 3 N–H and O–H groups in total. The van der Waals surface area contributed by atoms with Crippen molar-refractivity contribution >= 4 is 11.4 Å². The van der Waals surface area contributed by atoms with Gasteiger partial charge in [-0.1, -0.05) is 6.92 Å². The predicted octanol–water partition coefficient (Wildman–Crippen LogP) is 2.17. The number of hydrogen-bond donors (Lipinski definition) is 2. The van der Waals surface area contributed by atoms with Crippen LogP contribution in [0.15, 0.2) is 12.1 Å². The first kappa shape index (κ1) is 13.9. The molecule has 0 aromatic heterocycles. The number of methoxy groups -OCH3 is 1. The summed E-state index contributed by atoms with van der Waals surface area (Å²) in [7, 11) is 1.45. The molecular formula is C14H22FN3O. The number of nitrogens with one attached hydrogen (secondary N) is 1. The molecule has 5 heteroatoms. The zero-order valence-corrected chi connectivity index (χ0v) is 11.6. The molecule has 2 rings (SSSR count). The number of anilines is 2. The molecule has 1 heterocycles. The Balaban J connectivity index is 1.96. The highest BCUT2D eigenvalue weighted by Gasteiger charge is 2.21. The Morgan fingerprint density at radius 2 is 2.32 bits per heavy atom. The van der Waals surface area contributed by atoms with Crippen LogP contribution in [0.1, 0.15) is 13.3 Å². The Kier molecular flexibility index (Phi) is 4.47. The second kappa shape index (κ2) is 6.10. The molecule has 1 aromatic rings. The minimum Gasteiger partial charge on any atom is -0.494 e. The molecule has 0 saturated carbocycles. The van der Waals surface area contributed by atoms with Gasteiger partial charge in [-0.15, -0.1) is 0 Å². The molecule has 0 radical (unpaired) electrons. The Bertz CT molecular complexity index is 439. The molecule has 0 spiro atoms. The standard InChI is InChI=1S/C14H22FN3O/c1-3-18-5-4-10(9-18)8-17-13-7-14(19-2)11(15)6-12(13)16/h6-7,10,17H,3-5,8-9,16H2,1-2H3. The Morgan fingerprint density at radius 3 is 2.95 bits per heavy atom. The minimum atomic E-state index is -0.427. The van der Waals surface area contributed by atoms with Gasteiger partial charge in [0.2, 0.25) is 0 Å². The van der Waals surface area contributed by atoms with Crippen LogP contribution in [-0.4, -0.2) is 38.2 Å². The summed E-state index contributed by atoms with van der Waals surface area (Å²) in [5, 5.41) is 3.30. The lowest BCUT2D eigenvalue weighted by Gasteiger charge is -2.16. The van der Waals surface area contributed by atoms with Gasteiger partial charge in [0.15, 0.2) is 11.6 Å². The minimum absolute atomic E-state index is 0.221. The monoisotopic (exact) mass is 267 g/mol. The summed E-state index contributed by atoms with van der Waals surface area (Å²) in [6, 6.07) is 2.92. The fourth-order valence-electron chi connectivity index (χ4n) is 2.50. The van der Waals surface area contributed by atoms with Crippen molar-refractivity contribution in [2.24, 2.45) is 5.92 Å². The van der Waals surface area contributed by atoms with Gasteiger partial charge in [-0.3, -0.25) is 0 Å². The summed E-state index contributed by atoms with van der Waals surface area (Å²) in [6.45, 7) is 6.41. The van der Waals surface area contributed by atoms with Crippen molar-refractivity contribution in [1.29, 1.82) is 0 Å². The third kappa shape index (κ3) is 3.29. The lowest BCUT2D eigenvalue weighted by molar-refractivity contribution is 0.345. The third-order valence-electron chi connectivity index (χ3n) is 3.72.